The summed E-state index contributed by atoms with van der Waals surface area (Å²) in [6.45, 7) is 5.35. The summed E-state index contributed by atoms with van der Waals surface area (Å²) in [5.74, 6) is 0. The van der Waals surface area contributed by atoms with Crippen LogP contribution in [0.1, 0.15) is 32.1 Å². The Balaban J connectivity index is 1.75. The second-order valence-electron chi connectivity index (χ2n) is 4.64. The molecule has 2 rings (SSSR count). The lowest BCUT2D eigenvalue weighted by Gasteiger charge is -2.31. The Bertz CT molecular complexity index is 152. The van der Waals surface area contributed by atoms with E-state index in [1.165, 1.54) is 58.3 Å². The van der Waals surface area contributed by atoms with Crippen molar-refractivity contribution < 1.29 is 0 Å². The van der Waals surface area contributed by atoms with Crippen LogP contribution < -0.4 is 0 Å². The standard InChI is InChI=1S/C11H22N2/c1-12-7-5-6-11(12)10-13-8-3-2-4-9-13/h11H,2-10H2,1H3/t11-/m0/s1. The molecule has 1 atom stereocenters. The zero-order chi connectivity index (χ0) is 9.10. The van der Waals surface area contributed by atoms with Gasteiger partial charge in [-0.15, -0.1) is 0 Å². The molecule has 0 saturated carbocycles. The minimum absolute atomic E-state index is 0.859. The molecular weight excluding hydrogens is 160 g/mol. The average molecular weight is 182 g/mol. The summed E-state index contributed by atoms with van der Waals surface area (Å²) in [6.07, 6.45) is 7.14. The lowest BCUT2D eigenvalue weighted by molar-refractivity contribution is 0.169. The second-order valence-corrected chi connectivity index (χ2v) is 4.64. The van der Waals surface area contributed by atoms with Crippen molar-refractivity contribution in [1.29, 1.82) is 0 Å². The zero-order valence-corrected chi connectivity index (χ0v) is 8.84. The normalized spacial score (nSPS) is 32.5. The fourth-order valence-corrected chi connectivity index (χ4v) is 2.65. The average Bonchev–Trinajstić information content (AvgIpc) is 2.54. The Kier molecular flexibility index (Phi) is 3.23. The summed E-state index contributed by atoms with van der Waals surface area (Å²) in [5.41, 5.74) is 0. The lowest BCUT2D eigenvalue weighted by atomic mass is 10.1. The second kappa shape index (κ2) is 4.43. The number of nitrogens with zero attached hydrogens (tertiary/aromatic N) is 2. The molecule has 0 N–H and O–H groups in total. The molecule has 0 bridgehead atoms. The van der Waals surface area contributed by atoms with E-state index in [0.29, 0.717) is 0 Å². The number of likely N-dealkylation sites (tertiary alicyclic amines) is 2. The van der Waals surface area contributed by atoms with Crippen LogP contribution in [0.5, 0.6) is 0 Å². The summed E-state index contributed by atoms with van der Waals surface area (Å²) >= 11 is 0. The Hall–Kier alpha value is -0.0800. The van der Waals surface area contributed by atoms with Crippen LogP contribution in [0.3, 0.4) is 0 Å². The van der Waals surface area contributed by atoms with Crippen LogP contribution in [0.15, 0.2) is 0 Å². The van der Waals surface area contributed by atoms with Crippen molar-refractivity contribution in [3.8, 4) is 0 Å². The van der Waals surface area contributed by atoms with Crippen molar-refractivity contribution in [3.63, 3.8) is 0 Å². The van der Waals surface area contributed by atoms with Crippen LogP contribution in [-0.2, 0) is 0 Å². The van der Waals surface area contributed by atoms with Crippen molar-refractivity contribution in [2.75, 3.05) is 33.2 Å². The predicted octanol–water partition coefficient (Wildman–Crippen LogP) is 1.57. The van der Waals surface area contributed by atoms with Crippen molar-refractivity contribution in [1.82, 2.24) is 9.80 Å². The molecule has 0 amide bonds. The molecule has 0 radical (unpaired) electrons. The highest BCUT2D eigenvalue weighted by atomic mass is 15.2. The summed E-state index contributed by atoms with van der Waals surface area (Å²) in [6, 6.07) is 0.859. The molecule has 13 heavy (non-hydrogen) atoms. The quantitative estimate of drug-likeness (QED) is 0.639. The molecule has 2 heterocycles. The van der Waals surface area contributed by atoms with Crippen LogP contribution in [0, 0.1) is 0 Å². The van der Waals surface area contributed by atoms with Gasteiger partial charge < -0.3 is 9.80 Å². The van der Waals surface area contributed by atoms with Gasteiger partial charge in [0.2, 0.25) is 0 Å². The van der Waals surface area contributed by atoms with Gasteiger partial charge in [-0.05, 0) is 52.4 Å². The van der Waals surface area contributed by atoms with Gasteiger partial charge in [0.1, 0.15) is 0 Å². The summed E-state index contributed by atoms with van der Waals surface area (Å²) in [5, 5.41) is 0. The largest absolute Gasteiger partial charge is 0.302 e. The van der Waals surface area contributed by atoms with E-state index >= 15 is 0 Å². The van der Waals surface area contributed by atoms with E-state index in [4.69, 9.17) is 0 Å². The van der Waals surface area contributed by atoms with E-state index in [0.717, 1.165) is 6.04 Å². The first-order valence-electron chi connectivity index (χ1n) is 5.79. The van der Waals surface area contributed by atoms with Gasteiger partial charge in [0.05, 0.1) is 0 Å². The molecule has 2 aliphatic heterocycles. The molecule has 2 heteroatoms. The fraction of sp³-hybridized carbons (Fsp3) is 1.00. The first-order valence-corrected chi connectivity index (χ1v) is 5.79. The first-order chi connectivity index (χ1) is 6.36. The summed E-state index contributed by atoms with van der Waals surface area (Å²) < 4.78 is 0. The van der Waals surface area contributed by atoms with E-state index in [1.54, 1.807) is 0 Å². The molecular formula is C11H22N2. The molecule has 2 aliphatic rings. The highest BCUT2D eigenvalue weighted by Gasteiger charge is 2.23. The minimum Gasteiger partial charge on any atom is -0.302 e. The SMILES string of the molecule is CN1CCC[C@H]1CN1CCCCC1. The monoisotopic (exact) mass is 182 g/mol. The van der Waals surface area contributed by atoms with Crippen molar-refractivity contribution in [3.05, 3.63) is 0 Å². The first kappa shape index (κ1) is 9.47. The molecule has 0 aliphatic carbocycles. The van der Waals surface area contributed by atoms with E-state index in [9.17, 15) is 0 Å². The molecule has 2 saturated heterocycles. The maximum Gasteiger partial charge on any atom is 0.0220 e. The Morgan fingerprint density at radius 2 is 1.77 bits per heavy atom. The highest BCUT2D eigenvalue weighted by Crippen LogP contribution is 2.18. The summed E-state index contributed by atoms with van der Waals surface area (Å²) in [7, 11) is 2.28. The lowest BCUT2D eigenvalue weighted by Crippen LogP contribution is -2.40. The smallest absolute Gasteiger partial charge is 0.0220 e. The molecule has 0 spiro atoms. The predicted molar refractivity (Wildman–Crippen MR) is 55.9 cm³/mol. The van der Waals surface area contributed by atoms with E-state index in [-0.39, 0.29) is 0 Å². The van der Waals surface area contributed by atoms with E-state index < -0.39 is 0 Å². The van der Waals surface area contributed by atoms with Crippen LogP contribution in [-0.4, -0.2) is 49.1 Å². The van der Waals surface area contributed by atoms with Crippen LogP contribution in [0.4, 0.5) is 0 Å². The van der Waals surface area contributed by atoms with Gasteiger partial charge in [-0.2, -0.15) is 0 Å². The van der Waals surface area contributed by atoms with Gasteiger partial charge in [0.25, 0.3) is 0 Å². The molecule has 2 nitrogen and oxygen atoms in total. The van der Waals surface area contributed by atoms with Gasteiger partial charge in [-0.3, -0.25) is 0 Å². The van der Waals surface area contributed by atoms with E-state index in [1.807, 2.05) is 0 Å². The number of likely N-dealkylation sites (N-methyl/N-ethyl adjacent to an activating group) is 1. The number of piperidine rings is 1. The maximum absolute atomic E-state index is 2.66. The molecule has 0 unspecified atom stereocenters. The van der Waals surface area contributed by atoms with Crippen molar-refractivity contribution in [2.45, 2.75) is 38.1 Å². The van der Waals surface area contributed by atoms with E-state index in [2.05, 4.69) is 16.8 Å². The number of rotatable bonds is 2. The van der Waals surface area contributed by atoms with Gasteiger partial charge >= 0.3 is 0 Å². The maximum atomic E-state index is 2.66. The Labute approximate surface area is 81.9 Å². The zero-order valence-electron chi connectivity index (χ0n) is 8.84. The topological polar surface area (TPSA) is 6.48 Å². The molecule has 0 aromatic carbocycles. The fourth-order valence-electron chi connectivity index (χ4n) is 2.65. The number of hydrogen-bond acceptors (Lipinski definition) is 2. The van der Waals surface area contributed by atoms with Gasteiger partial charge in [-0.1, -0.05) is 6.42 Å². The Morgan fingerprint density at radius 1 is 1.00 bits per heavy atom. The third-order valence-corrected chi connectivity index (χ3v) is 3.59. The van der Waals surface area contributed by atoms with Crippen LogP contribution in [0.2, 0.25) is 0 Å². The van der Waals surface area contributed by atoms with Gasteiger partial charge in [0, 0.05) is 12.6 Å². The third kappa shape index (κ3) is 2.44. The van der Waals surface area contributed by atoms with Crippen LogP contribution >= 0.6 is 0 Å². The highest BCUT2D eigenvalue weighted by molar-refractivity contribution is 4.80. The molecule has 0 aromatic heterocycles. The molecule has 76 valence electrons. The minimum atomic E-state index is 0.859. The third-order valence-electron chi connectivity index (χ3n) is 3.59. The van der Waals surface area contributed by atoms with Gasteiger partial charge in [-0.25, -0.2) is 0 Å². The van der Waals surface area contributed by atoms with Crippen LogP contribution in [0.25, 0.3) is 0 Å². The van der Waals surface area contributed by atoms with Crippen molar-refractivity contribution in [2.24, 2.45) is 0 Å². The Morgan fingerprint density at radius 3 is 2.38 bits per heavy atom. The summed E-state index contributed by atoms with van der Waals surface area (Å²) in [4.78, 5) is 5.20. The van der Waals surface area contributed by atoms with Crippen molar-refractivity contribution >= 4 is 0 Å². The number of hydrogen-bond donors (Lipinski definition) is 0. The molecule has 2 fully saturated rings. The van der Waals surface area contributed by atoms with Gasteiger partial charge in [0.15, 0.2) is 0 Å². The molecule has 0 aromatic rings.